The molecule has 6 aromatic carbocycles. The van der Waals surface area contributed by atoms with Crippen LogP contribution < -0.4 is 39.7 Å². The number of rotatable bonds is 20. The fourth-order valence-electron chi connectivity index (χ4n) is 9.33. The van der Waals surface area contributed by atoms with Crippen LogP contribution in [0.15, 0.2) is 185 Å². The Bertz CT molecular complexity index is 4810. The van der Waals surface area contributed by atoms with Gasteiger partial charge in [0.05, 0.1) is 45.3 Å². The van der Waals surface area contributed by atoms with E-state index in [1.54, 1.807) is 55.1 Å². The molecule has 0 aliphatic carbocycles. The number of halogens is 4. The van der Waals surface area contributed by atoms with E-state index < -0.39 is 46.7 Å². The van der Waals surface area contributed by atoms with Crippen LogP contribution in [0.1, 0.15) is 130 Å². The average Bonchev–Trinajstić information content (AvgIpc) is 0.791. The molecule has 620 valence electrons. The summed E-state index contributed by atoms with van der Waals surface area (Å²) in [6, 6.07) is 47.0. The van der Waals surface area contributed by atoms with Gasteiger partial charge in [0.15, 0.2) is 9.84 Å². The molecule has 2 aromatic heterocycles. The Labute approximate surface area is 691 Å². The molecule has 0 spiro atoms. The van der Waals surface area contributed by atoms with E-state index in [0.29, 0.717) is 50.8 Å². The third kappa shape index (κ3) is 42.1. The van der Waals surface area contributed by atoms with Gasteiger partial charge in [-0.3, -0.25) is 19.8 Å². The summed E-state index contributed by atoms with van der Waals surface area (Å²) in [4.78, 5) is 26.9. The van der Waals surface area contributed by atoms with Gasteiger partial charge < -0.3 is 39.7 Å². The van der Waals surface area contributed by atoms with Crippen molar-refractivity contribution in [3.8, 4) is 12.1 Å². The van der Waals surface area contributed by atoms with Crippen LogP contribution in [0, 0.1) is 55.8 Å². The fraction of sp³-hybridized carbons (Fsp3) is 0.355. The molecule has 8 aromatic rings. The molecule has 113 heavy (non-hydrogen) atoms. The number of nitrogens with zero attached hydrogens (tertiary/aromatic N) is 8. The molecule has 0 bridgehead atoms. The van der Waals surface area contributed by atoms with Crippen molar-refractivity contribution >= 4 is 141 Å². The summed E-state index contributed by atoms with van der Waals surface area (Å²) in [6.07, 6.45) is 7.60. The van der Waals surface area contributed by atoms with E-state index in [1.165, 1.54) is 79.9 Å². The number of hydrogen-bond acceptors (Lipinski definition) is 27. The van der Waals surface area contributed by atoms with E-state index in [9.17, 15) is 48.9 Å². The van der Waals surface area contributed by atoms with Crippen LogP contribution in [-0.4, -0.2) is 133 Å². The number of nitrogens with two attached hydrogens (primary N) is 6. The molecule has 37 heteroatoms. The number of allylic oxidation sites excluding steroid dienone is 1. The zero-order valence-corrected chi connectivity index (χ0v) is 74.2. The highest BCUT2D eigenvalue weighted by atomic mass is 35.5. The lowest BCUT2D eigenvalue weighted by atomic mass is 10.0. The van der Waals surface area contributed by atoms with Crippen LogP contribution in [0.5, 0.6) is 0 Å². The first-order chi connectivity index (χ1) is 51.7. The Balaban J connectivity index is 0.00000133. The number of nitrogen functional groups attached to an aromatic ring is 5. The highest BCUT2D eigenvalue weighted by Crippen LogP contribution is 2.41. The van der Waals surface area contributed by atoms with Crippen molar-refractivity contribution in [2.45, 2.75) is 165 Å². The Kier molecular flexibility index (Phi) is 46.6. The summed E-state index contributed by atoms with van der Waals surface area (Å²) in [5.41, 5.74) is 39.1. The van der Waals surface area contributed by atoms with Crippen molar-refractivity contribution in [1.82, 2.24) is 29.7 Å². The van der Waals surface area contributed by atoms with E-state index in [2.05, 4.69) is 182 Å². The first kappa shape index (κ1) is 105. The quantitative estimate of drug-likeness (QED) is 0.00651. The standard InChI is InChI=1S/C19H20N2S.C17H27N3S.C15H20N4O2S2.C14H18N4S.C6H7N.C2H6N2.C2H6O5S2.CHF3O2S.ClH/c1-14(2)18-11-15(3)9-10-19(18)22-17(12-20)13-21-16-7-5-4-6-8-16;1-12(2)14-10-13(3)8-9-15(14)21-16(11-18)17(19(4)5)20(6)7;1-8(2)10-5-9(3)13(23(4,20)21)6-11(10)22-12-7-18-15(17)19-14(12)16;1-8(2)10-6-9(3)4-5-11(10)19-12-7-17-14(16)18-13(12)15;7-6-4-2-1-3-5-6;1-2(3)4;1-8(3,4)7-9(2,5)6;2-1(3,4)7(5)6;/h4-11,13-14,21H,1-3H3;8-10,12,16-17H,1-7H3;5-8H,1-4H3,(H4,16,17,18,19);4-8H,1-3H3,(H4,15,16,17,18);1-5H,7H2;1H3,(H3,3,4);1-2H3;(H,5,6);1H/b17-13+;;;;;;;;. The number of aromatic nitrogens is 4. The van der Waals surface area contributed by atoms with Gasteiger partial charge in [-0.15, -0.1) is 27.8 Å². The molecule has 0 radical (unpaired) electrons. The van der Waals surface area contributed by atoms with Crippen LogP contribution in [0.2, 0.25) is 0 Å². The van der Waals surface area contributed by atoms with Gasteiger partial charge in [0.25, 0.3) is 31.3 Å². The van der Waals surface area contributed by atoms with Gasteiger partial charge in [-0.05, 0) is 163 Å². The first-order valence-electron chi connectivity index (χ1n) is 33.9. The van der Waals surface area contributed by atoms with Gasteiger partial charge in [0.1, 0.15) is 27.9 Å². The van der Waals surface area contributed by atoms with Crippen LogP contribution >= 0.6 is 59.5 Å². The van der Waals surface area contributed by atoms with Gasteiger partial charge >= 0.3 is 5.51 Å². The number of amidine groups is 1. The first-order valence-corrected chi connectivity index (χ1v) is 43.8. The molecular weight excluding hydrogens is 1630 g/mol. The minimum Gasteiger partial charge on any atom is -0.399 e. The smallest absolute Gasteiger partial charge is 0.399 e. The minimum atomic E-state index is -4.97. The molecule has 2 heterocycles. The van der Waals surface area contributed by atoms with Gasteiger partial charge in [-0.25, -0.2) is 22.6 Å². The normalized spacial score (nSPS) is 11.8. The molecule has 2 atom stereocenters. The van der Waals surface area contributed by atoms with Gasteiger partial charge in [0.2, 0.25) is 11.9 Å². The largest absolute Gasteiger partial charge is 0.496 e. The second-order valence-corrected chi connectivity index (χ2v) is 37.1. The molecule has 0 amide bonds. The summed E-state index contributed by atoms with van der Waals surface area (Å²) >= 11 is 2.43. The highest BCUT2D eigenvalue weighted by Gasteiger charge is 2.36. The Morgan fingerprint density at radius 3 is 1.29 bits per heavy atom. The summed E-state index contributed by atoms with van der Waals surface area (Å²) in [7, 11) is -2.96. The number of para-hydroxylation sites is 2. The highest BCUT2D eigenvalue weighted by molar-refractivity contribution is 8.03. The van der Waals surface area contributed by atoms with E-state index in [-0.39, 0.29) is 53.3 Å². The minimum absolute atomic E-state index is 0. The van der Waals surface area contributed by atoms with E-state index >= 15 is 0 Å². The lowest BCUT2D eigenvalue weighted by Crippen LogP contribution is -2.47. The predicted molar refractivity (Wildman–Crippen MR) is 463 cm³/mol. The molecule has 0 saturated heterocycles. The molecular formula is C76H106ClF3N16O9S8. The van der Waals surface area contributed by atoms with Crippen molar-refractivity contribution in [2.75, 3.05) is 80.9 Å². The van der Waals surface area contributed by atoms with Crippen LogP contribution in [-0.2, 0) is 44.8 Å². The van der Waals surface area contributed by atoms with Crippen molar-refractivity contribution < 1.29 is 50.8 Å². The van der Waals surface area contributed by atoms with Crippen LogP contribution in [0.4, 0.5) is 48.1 Å². The predicted octanol–water partition coefficient (Wildman–Crippen LogP) is 16.4. The molecule has 2 unspecified atom stereocenters. The maximum atomic E-state index is 12.0. The zero-order valence-electron chi connectivity index (χ0n) is 66.9. The number of sulfone groups is 1. The van der Waals surface area contributed by atoms with Crippen molar-refractivity contribution in [1.29, 1.82) is 15.9 Å². The fourth-order valence-corrected chi connectivity index (χ4v) is 16.8. The summed E-state index contributed by atoms with van der Waals surface area (Å²) in [5, 5.41) is 28.3. The van der Waals surface area contributed by atoms with Crippen molar-refractivity contribution in [3.63, 3.8) is 0 Å². The molecule has 0 fully saturated rings. The maximum Gasteiger partial charge on any atom is 0.496 e. The average molecular weight is 1740 g/mol. The number of aryl methyl sites for hydroxylation is 4. The Morgan fingerprint density at radius 1 is 0.602 bits per heavy atom. The molecule has 0 aliphatic heterocycles. The summed E-state index contributed by atoms with van der Waals surface area (Å²) < 4.78 is 116. The molecule has 0 aliphatic rings. The monoisotopic (exact) mass is 1730 g/mol. The van der Waals surface area contributed by atoms with Crippen molar-refractivity contribution in [3.05, 3.63) is 195 Å². The second kappa shape index (κ2) is 50.2. The molecule has 25 nitrogen and oxygen atoms in total. The number of nitriles is 2. The number of hydrogen-bond donors (Lipinski definition) is 9. The van der Waals surface area contributed by atoms with Crippen LogP contribution in [0.3, 0.4) is 0 Å². The second-order valence-electron chi connectivity index (χ2n) is 26.3. The van der Waals surface area contributed by atoms with E-state index in [0.717, 1.165) is 37.2 Å². The molecule has 0 saturated carbocycles. The molecule has 15 N–H and O–H groups in total. The SMILES string of the molecule is CC(=N)N.CS(=O)(=O)OS(C)(=O)=O.Cc1cc(C(C)C)c(Sc2cnc(N)nc2N)cc1S(C)(=O)=O.Cc1ccc(S/C(C#N)=C/Nc2ccccc2)c(C(C)C)c1.Cc1ccc(SC(C#N)C(N(C)C)N(C)C)c(C(C)C)c1.Cc1ccc(Sc2cnc(N)nc2N)c(C(C)C)c1.Cl.Nc1ccccc1.O=S(O)C(F)(F)F. The van der Waals surface area contributed by atoms with Crippen LogP contribution in [0.25, 0.3) is 0 Å². The topological polar surface area (TPSA) is 447 Å². The Morgan fingerprint density at radius 2 is 0.965 bits per heavy atom. The summed E-state index contributed by atoms with van der Waals surface area (Å²) in [5.74, 6) is 2.77. The number of anilines is 6. The van der Waals surface area contributed by atoms with Gasteiger partial charge in [-0.2, -0.15) is 50.5 Å². The zero-order chi connectivity index (χ0) is 85.9. The molecule has 8 rings (SSSR count). The number of nitrogens with one attached hydrogen (secondary N) is 2. The summed E-state index contributed by atoms with van der Waals surface area (Å²) in [6.45, 7) is 26.9. The lowest BCUT2D eigenvalue weighted by Gasteiger charge is -2.33. The number of alkyl halides is 3. The van der Waals surface area contributed by atoms with E-state index in [1.807, 2.05) is 94.9 Å². The Hall–Kier alpha value is -8.21. The van der Waals surface area contributed by atoms with E-state index in [4.69, 9.17) is 48.6 Å². The van der Waals surface area contributed by atoms with Crippen molar-refractivity contribution in [2.24, 2.45) is 5.73 Å². The van der Waals surface area contributed by atoms with Gasteiger partial charge in [-0.1, -0.05) is 186 Å². The number of thioether (sulfide) groups is 2. The number of benzene rings is 6. The lowest BCUT2D eigenvalue weighted by molar-refractivity contribution is -0.0446. The van der Waals surface area contributed by atoms with Gasteiger partial charge in [0, 0.05) is 55.8 Å². The maximum absolute atomic E-state index is 12.0. The third-order valence-corrected chi connectivity index (χ3v) is 22.3. The third-order valence-electron chi connectivity index (χ3n) is 14.2.